The molecule has 0 spiro atoms. The minimum absolute atomic E-state index is 0.0829. The first-order chi connectivity index (χ1) is 9.00. The van der Waals surface area contributed by atoms with Crippen molar-refractivity contribution in [2.24, 2.45) is 5.92 Å². The fourth-order valence-corrected chi connectivity index (χ4v) is 2.50. The van der Waals surface area contributed by atoms with Gasteiger partial charge in [-0.05, 0) is 24.8 Å². The second kappa shape index (κ2) is 5.26. The fourth-order valence-electron chi connectivity index (χ4n) is 2.50. The van der Waals surface area contributed by atoms with Crippen LogP contribution in [0.25, 0.3) is 0 Å². The van der Waals surface area contributed by atoms with Crippen LogP contribution in [0.5, 0.6) is 5.75 Å². The summed E-state index contributed by atoms with van der Waals surface area (Å²) in [5.41, 5.74) is 0.209. The normalized spacial score (nSPS) is 23.1. The Kier molecular flexibility index (Phi) is 3.69. The van der Waals surface area contributed by atoms with E-state index >= 15 is 0 Å². The van der Waals surface area contributed by atoms with Crippen molar-refractivity contribution in [3.05, 3.63) is 24.0 Å². The van der Waals surface area contributed by atoms with Crippen LogP contribution in [0.2, 0.25) is 0 Å². The number of amides is 1. The molecule has 1 fully saturated rings. The summed E-state index contributed by atoms with van der Waals surface area (Å²) in [5.74, 6) is -1.58. The van der Waals surface area contributed by atoms with Crippen LogP contribution >= 0.6 is 0 Å². The van der Waals surface area contributed by atoms with Crippen molar-refractivity contribution >= 4 is 11.9 Å². The molecule has 2 N–H and O–H groups in total. The van der Waals surface area contributed by atoms with Crippen molar-refractivity contribution in [3.8, 4) is 5.75 Å². The number of rotatable bonds is 2. The van der Waals surface area contributed by atoms with E-state index in [0.717, 1.165) is 12.8 Å². The molecule has 1 aromatic rings. The number of aromatic nitrogens is 1. The van der Waals surface area contributed by atoms with Crippen molar-refractivity contribution in [1.29, 1.82) is 0 Å². The molecule has 2 atom stereocenters. The van der Waals surface area contributed by atoms with Gasteiger partial charge in [0.15, 0.2) is 0 Å². The van der Waals surface area contributed by atoms with Gasteiger partial charge in [0.1, 0.15) is 11.8 Å². The molecule has 1 saturated heterocycles. The average Bonchev–Trinajstić information content (AvgIpc) is 2.37. The molecule has 0 saturated carbocycles. The number of aromatic hydroxyl groups is 1. The zero-order valence-electron chi connectivity index (χ0n) is 10.6. The number of carbonyl (C=O) groups excluding carboxylic acids is 1. The van der Waals surface area contributed by atoms with Crippen molar-refractivity contribution in [1.82, 2.24) is 9.88 Å². The number of nitrogens with zero attached hydrogens (tertiary/aromatic N) is 2. The van der Waals surface area contributed by atoms with E-state index in [2.05, 4.69) is 4.98 Å². The van der Waals surface area contributed by atoms with E-state index in [1.165, 1.54) is 23.4 Å². The van der Waals surface area contributed by atoms with E-state index in [4.69, 9.17) is 0 Å². The predicted molar refractivity (Wildman–Crippen MR) is 66.8 cm³/mol. The van der Waals surface area contributed by atoms with Gasteiger partial charge in [-0.2, -0.15) is 0 Å². The number of likely N-dealkylation sites (tertiary alicyclic amines) is 1. The first-order valence-corrected chi connectivity index (χ1v) is 6.18. The molecule has 1 aliphatic heterocycles. The summed E-state index contributed by atoms with van der Waals surface area (Å²) in [5, 5.41) is 18.6. The third-order valence-corrected chi connectivity index (χ3v) is 3.42. The zero-order valence-corrected chi connectivity index (χ0v) is 10.6. The summed E-state index contributed by atoms with van der Waals surface area (Å²) < 4.78 is 0. The minimum Gasteiger partial charge on any atom is -0.506 e. The highest BCUT2D eigenvalue weighted by Gasteiger charge is 2.37. The highest BCUT2D eigenvalue weighted by Crippen LogP contribution is 2.25. The van der Waals surface area contributed by atoms with Gasteiger partial charge in [-0.1, -0.05) is 6.92 Å². The molecule has 1 amide bonds. The van der Waals surface area contributed by atoms with E-state index in [-0.39, 0.29) is 17.2 Å². The molecule has 102 valence electrons. The smallest absolute Gasteiger partial charge is 0.326 e. The Balaban J connectivity index is 2.28. The SMILES string of the molecule is CC1CCCN(C(=O)c2cncc(O)c2)C1C(=O)O. The van der Waals surface area contributed by atoms with Crippen LogP contribution in [0.3, 0.4) is 0 Å². The molecule has 2 unspecified atom stereocenters. The Morgan fingerprint density at radius 2 is 2.16 bits per heavy atom. The van der Waals surface area contributed by atoms with E-state index in [0.29, 0.717) is 6.54 Å². The maximum absolute atomic E-state index is 12.3. The van der Waals surface area contributed by atoms with Gasteiger partial charge in [-0.3, -0.25) is 9.78 Å². The Morgan fingerprint density at radius 1 is 1.42 bits per heavy atom. The van der Waals surface area contributed by atoms with E-state index < -0.39 is 17.9 Å². The lowest BCUT2D eigenvalue weighted by Crippen LogP contribution is -2.51. The maximum Gasteiger partial charge on any atom is 0.326 e. The molecule has 6 nitrogen and oxygen atoms in total. The van der Waals surface area contributed by atoms with Gasteiger partial charge in [0.2, 0.25) is 0 Å². The molecule has 1 aliphatic rings. The number of carboxylic acids is 1. The molecule has 2 rings (SSSR count). The molecule has 1 aromatic heterocycles. The van der Waals surface area contributed by atoms with Crippen molar-refractivity contribution in [3.63, 3.8) is 0 Å². The first-order valence-electron chi connectivity index (χ1n) is 6.18. The number of carboxylic acid groups (broad SMARTS) is 1. The summed E-state index contributed by atoms with van der Waals surface area (Å²) in [4.78, 5) is 28.7. The van der Waals surface area contributed by atoms with E-state index in [9.17, 15) is 19.8 Å². The van der Waals surface area contributed by atoms with Crippen LogP contribution in [0.15, 0.2) is 18.5 Å². The van der Waals surface area contributed by atoms with Gasteiger partial charge in [0, 0.05) is 12.7 Å². The van der Waals surface area contributed by atoms with Crippen LogP contribution in [0.1, 0.15) is 30.1 Å². The van der Waals surface area contributed by atoms with Gasteiger partial charge in [0.25, 0.3) is 5.91 Å². The largest absolute Gasteiger partial charge is 0.506 e. The third-order valence-electron chi connectivity index (χ3n) is 3.42. The minimum atomic E-state index is -0.992. The van der Waals surface area contributed by atoms with Crippen molar-refractivity contribution in [2.75, 3.05) is 6.54 Å². The fraction of sp³-hybridized carbons (Fsp3) is 0.462. The summed E-state index contributed by atoms with van der Waals surface area (Å²) in [6.45, 7) is 2.24. The third kappa shape index (κ3) is 2.67. The van der Waals surface area contributed by atoms with Crippen LogP contribution in [0.4, 0.5) is 0 Å². The van der Waals surface area contributed by atoms with E-state index in [1.54, 1.807) is 0 Å². The second-order valence-corrected chi connectivity index (χ2v) is 4.83. The number of aliphatic carboxylic acids is 1. The van der Waals surface area contributed by atoms with Gasteiger partial charge in [-0.25, -0.2) is 4.79 Å². The quantitative estimate of drug-likeness (QED) is 0.835. The highest BCUT2D eigenvalue weighted by molar-refractivity contribution is 5.96. The maximum atomic E-state index is 12.3. The highest BCUT2D eigenvalue weighted by atomic mass is 16.4. The number of piperidine rings is 1. The molecular formula is C13H16N2O4. The number of hydrogen-bond donors (Lipinski definition) is 2. The van der Waals surface area contributed by atoms with E-state index in [1.807, 2.05) is 6.92 Å². The van der Waals surface area contributed by atoms with Gasteiger partial charge < -0.3 is 15.1 Å². The first kappa shape index (κ1) is 13.3. The molecule has 0 aromatic carbocycles. The Labute approximate surface area is 110 Å². The monoisotopic (exact) mass is 264 g/mol. The number of carbonyl (C=O) groups is 2. The lowest BCUT2D eigenvalue weighted by Gasteiger charge is -2.37. The van der Waals surface area contributed by atoms with Crippen molar-refractivity contribution in [2.45, 2.75) is 25.8 Å². The van der Waals surface area contributed by atoms with Gasteiger partial charge in [0.05, 0.1) is 11.8 Å². The predicted octanol–water partition coefficient (Wildman–Crippen LogP) is 1.11. The molecule has 19 heavy (non-hydrogen) atoms. The molecule has 0 radical (unpaired) electrons. The lowest BCUT2D eigenvalue weighted by atomic mass is 9.90. The number of pyridine rings is 1. The van der Waals surface area contributed by atoms with Crippen molar-refractivity contribution < 1.29 is 19.8 Å². The Hall–Kier alpha value is -2.11. The Bertz CT molecular complexity index is 503. The average molecular weight is 264 g/mol. The lowest BCUT2D eigenvalue weighted by molar-refractivity contribution is -0.145. The molecule has 0 aliphatic carbocycles. The molecule has 6 heteroatoms. The van der Waals surface area contributed by atoms with Crippen LogP contribution in [0, 0.1) is 5.92 Å². The summed E-state index contributed by atoms with van der Waals surface area (Å²) in [6, 6.07) is 0.483. The van der Waals surface area contributed by atoms with Crippen LogP contribution in [-0.2, 0) is 4.79 Å². The standard InChI is InChI=1S/C13H16N2O4/c1-8-3-2-4-15(11(8)13(18)19)12(17)9-5-10(16)7-14-6-9/h5-8,11,16H,2-4H2,1H3,(H,18,19). The summed E-state index contributed by atoms with van der Waals surface area (Å²) in [7, 11) is 0. The molecule has 2 heterocycles. The zero-order chi connectivity index (χ0) is 14.0. The Morgan fingerprint density at radius 3 is 2.79 bits per heavy atom. The molecular weight excluding hydrogens is 248 g/mol. The topological polar surface area (TPSA) is 90.7 Å². The number of hydrogen-bond acceptors (Lipinski definition) is 4. The van der Waals surface area contributed by atoms with Crippen LogP contribution < -0.4 is 0 Å². The van der Waals surface area contributed by atoms with Crippen LogP contribution in [-0.4, -0.2) is 44.6 Å². The summed E-state index contributed by atoms with van der Waals surface area (Å²) >= 11 is 0. The summed E-state index contributed by atoms with van der Waals surface area (Å²) in [6.07, 6.45) is 4.13. The molecule has 0 bridgehead atoms. The van der Waals surface area contributed by atoms with Gasteiger partial charge in [-0.15, -0.1) is 0 Å². The second-order valence-electron chi connectivity index (χ2n) is 4.83. The van der Waals surface area contributed by atoms with Gasteiger partial charge >= 0.3 is 5.97 Å².